The van der Waals surface area contributed by atoms with Gasteiger partial charge in [-0.3, -0.25) is 4.79 Å². The van der Waals surface area contributed by atoms with Crippen LogP contribution in [0.5, 0.6) is 0 Å². The fraction of sp³-hybridized carbons (Fsp3) is 0.348. The molecule has 1 amide bonds. The van der Waals surface area contributed by atoms with Crippen molar-refractivity contribution in [3.63, 3.8) is 0 Å². The number of carbonyl (C=O) groups excluding carboxylic acids is 1. The van der Waals surface area contributed by atoms with Crippen LogP contribution in [0.15, 0.2) is 66.9 Å². The van der Waals surface area contributed by atoms with Gasteiger partial charge in [0.25, 0.3) is 0 Å². The Morgan fingerprint density at radius 3 is 2.46 bits per heavy atom. The Hall–Kier alpha value is -2.55. The Kier molecular flexibility index (Phi) is 5.05. The molecule has 3 heteroatoms. The van der Waals surface area contributed by atoms with Gasteiger partial charge in [0.2, 0.25) is 5.91 Å². The van der Waals surface area contributed by atoms with Crippen LogP contribution in [0, 0.1) is 5.92 Å². The molecular formula is C23H26N2O. The van der Waals surface area contributed by atoms with Gasteiger partial charge in [-0.25, -0.2) is 0 Å². The van der Waals surface area contributed by atoms with Crippen molar-refractivity contribution in [2.24, 2.45) is 5.92 Å². The normalized spacial score (nSPS) is 15.5. The lowest BCUT2D eigenvalue weighted by Gasteiger charge is -2.32. The van der Waals surface area contributed by atoms with E-state index in [4.69, 9.17) is 0 Å². The van der Waals surface area contributed by atoms with Crippen molar-refractivity contribution < 1.29 is 4.79 Å². The van der Waals surface area contributed by atoms with E-state index in [2.05, 4.69) is 76.3 Å². The summed E-state index contributed by atoms with van der Waals surface area (Å²) in [5.74, 6) is 0.996. The molecule has 1 fully saturated rings. The zero-order valence-corrected chi connectivity index (χ0v) is 15.2. The smallest absolute Gasteiger partial charge is 0.224 e. The van der Waals surface area contributed by atoms with E-state index in [0.717, 1.165) is 38.9 Å². The maximum absolute atomic E-state index is 12.6. The minimum Gasteiger partial charge on any atom is -0.347 e. The fourth-order valence-corrected chi connectivity index (χ4v) is 4.04. The second kappa shape index (κ2) is 7.77. The molecule has 0 atom stereocenters. The molecule has 4 rings (SSSR count). The molecule has 0 bridgehead atoms. The van der Waals surface area contributed by atoms with Crippen molar-refractivity contribution in [3.05, 3.63) is 72.4 Å². The van der Waals surface area contributed by atoms with E-state index in [-0.39, 0.29) is 0 Å². The number of hydrogen-bond donors (Lipinski definition) is 0. The monoisotopic (exact) mass is 346 g/mol. The van der Waals surface area contributed by atoms with Crippen LogP contribution < -0.4 is 0 Å². The second-order valence-electron chi connectivity index (χ2n) is 7.33. The highest BCUT2D eigenvalue weighted by Crippen LogP contribution is 2.22. The van der Waals surface area contributed by atoms with E-state index in [9.17, 15) is 4.79 Å². The van der Waals surface area contributed by atoms with Gasteiger partial charge < -0.3 is 9.47 Å². The largest absolute Gasteiger partial charge is 0.347 e. The van der Waals surface area contributed by atoms with Gasteiger partial charge in [0.15, 0.2) is 0 Å². The first-order chi connectivity index (χ1) is 12.8. The number of para-hydroxylation sites is 1. The van der Waals surface area contributed by atoms with Crippen molar-refractivity contribution in [2.45, 2.75) is 32.2 Å². The highest BCUT2D eigenvalue weighted by atomic mass is 16.2. The van der Waals surface area contributed by atoms with E-state index in [1.54, 1.807) is 0 Å². The zero-order valence-electron chi connectivity index (χ0n) is 15.2. The summed E-state index contributed by atoms with van der Waals surface area (Å²) in [7, 11) is 0. The van der Waals surface area contributed by atoms with Gasteiger partial charge in [0, 0.05) is 37.8 Å². The number of nitrogens with zero attached hydrogens (tertiary/aromatic N) is 2. The van der Waals surface area contributed by atoms with Gasteiger partial charge in [-0.15, -0.1) is 0 Å². The van der Waals surface area contributed by atoms with Gasteiger partial charge >= 0.3 is 0 Å². The Labute approximate surface area is 155 Å². The van der Waals surface area contributed by atoms with Crippen LogP contribution in [-0.2, 0) is 17.8 Å². The second-order valence-corrected chi connectivity index (χ2v) is 7.33. The minimum atomic E-state index is 0.293. The number of benzene rings is 2. The number of carbonyl (C=O) groups is 1. The highest BCUT2D eigenvalue weighted by Gasteiger charge is 2.22. The lowest BCUT2D eigenvalue weighted by atomic mass is 9.90. The summed E-state index contributed by atoms with van der Waals surface area (Å²) in [6.07, 6.45) is 6.05. The van der Waals surface area contributed by atoms with Crippen LogP contribution in [0.3, 0.4) is 0 Å². The molecule has 0 radical (unpaired) electrons. The van der Waals surface area contributed by atoms with Crippen molar-refractivity contribution >= 4 is 16.8 Å². The van der Waals surface area contributed by atoms with Crippen LogP contribution in [0.25, 0.3) is 10.9 Å². The van der Waals surface area contributed by atoms with E-state index < -0.39 is 0 Å². The number of fused-ring (bicyclic) bond motifs is 1. The molecule has 3 nitrogen and oxygen atoms in total. The van der Waals surface area contributed by atoms with E-state index in [1.807, 2.05) is 0 Å². The first-order valence-electron chi connectivity index (χ1n) is 9.65. The van der Waals surface area contributed by atoms with Crippen molar-refractivity contribution in [1.82, 2.24) is 9.47 Å². The van der Waals surface area contributed by atoms with Gasteiger partial charge in [0.05, 0.1) is 0 Å². The first kappa shape index (κ1) is 16.9. The van der Waals surface area contributed by atoms with E-state index >= 15 is 0 Å². The Morgan fingerprint density at radius 1 is 0.923 bits per heavy atom. The van der Waals surface area contributed by atoms with Gasteiger partial charge in [-0.05, 0) is 48.3 Å². The van der Waals surface area contributed by atoms with Crippen LogP contribution in [0.1, 0.15) is 24.8 Å². The summed E-state index contributed by atoms with van der Waals surface area (Å²) in [4.78, 5) is 14.7. The molecular weight excluding hydrogens is 320 g/mol. The molecule has 0 spiro atoms. The lowest BCUT2D eigenvalue weighted by Crippen LogP contribution is -2.39. The first-order valence-corrected chi connectivity index (χ1v) is 9.65. The minimum absolute atomic E-state index is 0.293. The number of rotatable bonds is 5. The fourth-order valence-electron chi connectivity index (χ4n) is 4.04. The Bertz CT molecular complexity index is 860. The number of likely N-dealkylation sites (tertiary alicyclic amines) is 1. The molecule has 1 aliphatic heterocycles. The number of aryl methyl sites for hydroxylation is 1. The summed E-state index contributed by atoms with van der Waals surface area (Å²) < 4.78 is 2.19. The molecule has 0 N–H and O–H groups in total. The number of piperidine rings is 1. The SMILES string of the molecule is O=C(CCn1ccc2ccccc21)N1CCC(Cc2ccccc2)CC1. The van der Waals surface area contributed by atoms with Crippen molar-refractivity contribution in [3.8, 4) is 0 Å². The summed E-state index contributed by atoms with van der Waals surface area (Å²) in [5.41, 5.74) is 2.62. The average Bonchev–Trinajstić information content (AvgIpc) is 3.11. The third kappa shape index (κ3) is 3.82. The molecule has 3 aromatic rings. The van der Waals surface area contributed by atoms with Crippen molar-refractivity contribution in [1.29, 1.82) is 0 Å². The van der Waals surface area contributed by atoms with Crippen LogP contribution >= 0.6 is 0 Å². The molecule has 0 aliphatic carbocycles. The molecule has 1 saturated heterocycles. The molecule has 1 aromatic heterocycles. The predicted octanol–water partition coefficient (Wildman–Crippen LogP) is 4.51. The summed E-state index contributed by atoms with van der Waals surface area (Å²) in [6, 6.07) is 21.2. The van der Waals surface area contributed by atoms with Crippen LogP contribution in [-0.4, -0.2) is 28.5 Å². The van der Waals surface area contributed by atoms with Gasteiger partial charge in [0.1, 0.15) is 0 Å². The number of hydrogen-bond acceptors (Lipinski definition) is 1. The maximum atomic E-state index is 12.6. The number of amides is 1. The van der Waals surface area contributed by atoms with E-state index in [1.165, 1.54) is 16.5 Å². The van der Waals surface area contributed by atoms with Crippen LogP contribution in [0.2, 0.25) is 0 Å². The third-order valence-electron chi connectivity index (χ3n) is 5.58. The maximum Gasteiger partial charge on any atom is 0.224 e. The molecule has 0 saturated carbocycles. The lowest BCUT2D eigenvalue weighted by molar-refractivity contribution is -0.132. The molecule has 2 aromatic carbocycles. The van der Waals surface area contributed by atoms with Gasteiger partial charge in [-0.1, -0.05) is 48.5 Å². The molecule has 26 heavy (non-hydrogen) atoms. The molecule has 1 aliphatic rings. The predicted molar refractivity (Wildman–Crippen MR) is 106 cm³/mol. The average molecular weight is 346 g/mol. The molecule has 2 heterocycles. The van der Waals surface area contributed by atoms with Gasteiger partial charge in [-0.2, -0.15) is 0 Å². The standard InChI is InChI=1S/C23H26N2O/c26-23(13-17-24-16-12-21-8-4-5-9-22(21)24)25-14-10-20(11-15-25)18-19-6-2-1-3-7-19/h1-9,12,16,20H,10-11,13-15,17-18H2. The summed E-state index contributed by atoms with van der Waals surface area (Å²) in [6.45, 7) is 2.57. The molecule has 134 valence electrons. The Morgan fingerprint density at radius 2 is 1.65 bits per heavy atom. The van der Waals surface area contributed by atoms with Crippen LogP contribution in [0.4, 0.5) is 0 Å². The van der Waals surface area contributed by atoms with Crippen molar-refractivity contribution in [2.75, 3.05) is 13.1 Å². The summed E-state index contributed by atoms with van der Waals surface area (Å²) in [5, 5.41) is 1.24. The third-order valence-corrected chi connectivity index (χ3v) is 5.58. The molecule has 0 unspecified atom stereocenters. The van der Waals surface area contributed by atoms with E-state index in [0.29, 0.717) is 18.2 Å². The quantitative estimate of drug-likeness (QED) is 0.667. The zero-order chi connectivity index (χ0) is 17.8. The number of aromatic nitrogens is 1. The topological polar surface area (TPSA) is 25.2 Å². The Balaban J connectivity index is 1.27. The highest BCUT2D eigenvalue weighted by molar-refractivity contribution is 5.80. The summed E-state index contributed by atoms with van der Waals surface area (Å²) >= 11 is 0.